The molecular formula is C18H17Cl2N7O2. The summed E-state index contributed by atoms with van der Waals surface area (Å²) in [5.74, 6) is 0.592. The van der Waals surface area contributed by atoms with Crippen LogP contribution in [0.1, 0.15) is 18.5 Å². The summed E-state index contributed by atoms with van der Waals surface area (Å²) in [6.45, 7) is 4.57. The quantitative estimate of drug-likeness (QED) is 0.677. The molecule has 3 aromatic rings. The first-order valence-corrected chi connectivity index (χ1v) is 9.87. The second-order valence-corrected chi connectivity index (χ2v) is 8.59. The van der Waals surface area contributed by atoms with Crippen molar-refractivity contribution in [2.45, 2.75) is 13.0 Å². The summed E-state index contributed by atoms with van der Waals surface area (Å²) in [6, 6.07) is 5.17. The van der Waals surface area contributed by atoms with Crippen LogP contribution in [0.15, 0.2) is 24.4 Å². The van der Waals surface area contributed by atoms with E-state index in [1.54, 1.807) is 23.0 Å². The minimum Gasteiger partial charge on any atom is -0.465 e. The Labute approximate surface area is 175 Å². The lowest BCUT2D eigenvalue weighted by molar-refractivity contribution is -0.0101. The largest absolute Gasteiger partial charge is 0.465 e. The third-order valence-electron chi connectivity index (χ3n) is 5.64. The fraction of sp³-hybridized carbons (Fsp3) is 0.389. The molecule has 2 fully saturated rings. The highest BCUT2D eigenvalue weighted by molar-refractivity contribution is 6.35. The molecule has 1 amide bonds. The molecule has 2 aliphatic rings. The van der Waals surface area contributed by atoms with Gasteiger partial charge in [0.25, 0.3) is 0 Å². The lowest BCUT2D eigenvalue weighted by Crippen LogP contribution is -2.73. The average molecular weight is 434 g/mol. The highest BCUT2D eigenvalue weighted by atomic mass is 35.5. The molecular weight excluding hydrogens is 417 g/mol. The second-order valence-electron chi connectivity index (χ2n) is 7.75. The van der Waals surface area contributed by atoms with E-state index in [1.165, 1.54) is 4.90 Å². The summed E-state index contributed by atoms with van der Waals surface area (Å²) in [7, 11) is 0. The van der Waals surface area contributed by atoms with Crippen LogP contribution >= 0.6 is 23.2 Å². The fourth-order valence-corrected chi connectivity index (χ4v) is 4.69. The minimum absolute atomic E-state index is 0.0271. The lowest BCUT2D eigenvalue weighted by Gasteiger charge is -2.59. The normalized spacial score (nSPS) is 18.6. The van der Waals surface area contributed by atoms with Gasteiger partial charge in [0.05, 0.1) is 12.2 Å². The number of aromatic nitrogens is 5. The number of rotatable bonds is 3. The number of carboxylic acid groups (broad SMARTS) is 1. The van der Waals surface area contributed by atoms with E-state index in [0.717, 1.165) is 18.7 Å². The number of likely N-dealkylation sites (tertiary alicyclic amines) is 1. The molecule has 4 heterocycles. The molecule has 0 radical (unpaired) electrons. The van der Waals surface area contributed by atoms with E-state index in [1.807, 2.05) is 13.0 Å². The van der Waals surface area contributed by atoms with E-state index >= 15 is 0 Å². The number of hydrogen-bond acceptors (Lipinski definition) is 6. The molecule has 1 spiro atoms. The maximum absolute atomic E-state index is 11.0. The van der Waals surface area contributed by atoms with Gasteiger partial charge in [-0.2, -0.15) is 4.98 Å². The Hall–Kier alpha value is -2.65. The van der Waals surface area contributed by atoms with E-state index in [4.69, 9.17) is 28.3 Å². The maximum Gasteiger partial charge on any atom is 0.407 e. The minimum atomic E-state index is -0.864. The summed E-state index contributed by atoms with van der Waals surface area (Å²) in [5.41, 5.74) is 2.12. The molecule has 2 saturated heterocycles. The van der Waals surface area contributed by atoms with Gasteiger partial charge >= 0.3 is 6.09 Å². The average Bonchev–Trinajstić information content (AvgIpc) is 3.02. The summed E-state index contributed by atoms with van der Waals surface area (Å²) < 4.78 is 1.72. The van der Waals surface area contributed by atoms with Crippen molar-refractivity contribution >= 4 is 46.4 Å². The van der Waals surface area contributed by atoms with Crippen LogP contribution in [-0.2, 0) is 0 Å². The molecule has 1 unspecified atom stereocenters. The molecule has 1 atom stereocenters. The molecule has 0 saturated carbocycles. The molecule has 150 valence electrons. The third-order valence-corrected chi connectivity index (χ3v) is 6.20. The van der Waals surface area contributed by atoms with E-state index in [9.17, 15) is 4.79 Å². The van der Waals surface area contributed by atoms with Gasteiger partial charge in [0.1, 0.15) is 0 Å². The summed E-state index contributed by atoms with van der Waals surface area (Å²) >= 11 is 12.4. The number of carbonyl (C=O) groups is 1. The Kier molecular flexibility index (Phi) is 4.08. The highest BCUT2D eigenvalue weighted by Gasteiger charge is 2.54. The van der Waals surface area contributed by atoms with Crippen molar-refractivity contribution in [2.24, 2.45) is 5.41 Å². The molecule has 29 heavy (non-hydrogen) atoms. The smallest absolute Gasteiger partial charge is 0.407 e. The molecule has 1 N–H and O–H groups in total. The third kappa shape index (κ3) is 2.96. The van der Waals surface area contributed by atoms with E-state index in [2.05, 4.69) is 25.2 Å². The molecule has 1 aromatic carbocycles. The monoisotopic (exact) mass is 433 g/mol. The van der Waals surface area contributed by atoms with Crippen LogP contribution in [-0.4, -0.2) is 67.2 Å². The van der Waals surface area contributed by atoms with Crippen LogP contribution < -0.4 is 4.90 Å². The van der Waals surface area contributed by atoms with Crippen molar-refractivity contribution in [2.75, 3.05) is 31.1 Å². The SMILES string of the molecule is CC(c1ccc(Cl)cc1Cl)n1nnc2cnc(N3CC4(CN(C(=O)O)C4)C3)nc21. The summed E-state index contributed by atoms with van der Waals surface area (Å²) in [6.07, 6.45) is 0.795. The zero-order valence-electron chi connectivity index (χ0n) is 15.5. The second kappa shape index (κ2) is 6.43. The lowest BCUT2D eigenvalue weighted by atomic mass is 9.73. The Bertz CT molecular complexity index is 1120. The van der Waals surface area contributed by atoms with Crippen LogP contribution in [0, 0.1) is 5.41 Å². The number of hydrogen-bond donors (Lipinski definition) is 1. The van der Waals surface area contributed by atoms with Gasteiger partial charge in [-0.05, 0) is 24.6 Å². The number of anilines is 1. The van der Waals surface area contributed by atoms with Crippen LogP contribution in [0.25, 0.3) is 11.2 Å². The molecule has 9 nitrogen and oxygen atoms in total. The first-order chi connectivity index (χ1) is 13.8. The Morgan fingerprint density at radius 1 is 1.24 bits per heavy atom. The first-order valence-electron chi connectivity index (χ1n) is 9.11. The number of nitrogens with zero attached hydrogens (tertiary/aromatic N) is 7. The van der Waals surface area contributed by atoms with Crippen molar-refractivity contribution in [1.29, 1.82) is 0 Å². The van der Waals surface area contributed by atoms with E-state index < -0.39 is 6.09 Å². The maximum atomic E-state index is 11.0. The van der Waals surface area contributed by atoms with E-state index in [-0.39, 0.29) is 11.5 Å². The molecule has 2 aliphatic heterocycles. The van der Waals surface area contributed by atoms with Gasteiger partial charge in [-0.3, -0.25) is 0 Å². The van der Waals surface area contributed by atoms with Crippen molar-refractivity contribution in [3.63, 3.8) is 0 Å². The molecule has 0 bridgehead atoms. The Morgan fingerprint density at radius 3 is 2.69 bits per heavy atom. The first kappa shape index (κ1) is 18.4. The fourth-order valence-electron chi connectivity index (χ4n) is 4.12. The molecule has 5 rings (SSSR count). The Morgan fingerprint density at radius 2 is 2.00 bits per heavy atom. The number of fused-ring (bicyclic) bond motifs is 1. The van der Waals surface area contributed by atoms with Crippen LogP contribution in [0.2, 0.25) is 10.0 Å². The zero-order valence-corrected chi connectivity index (χ0v) is 17.0. The highest BCUT2D eigenvalue weighted by Crippen LogP contribution is 2.41. The van der Waals surface area contributed by atoms with Gasteiger partial charge in [-0.1, -0.05) is 34.5 Å². The van der Waals surface area contributed by atoms with Crippen LogP contribution in [0.3, 0.4) is 0 Å². The van der Waals surface area contributed by atoms with Gasteiger partial charge in [-0.25, -0.2) is 14.5 Å². The topological polar surface area (TPSA) is 100 Å². The molecule has 11 heteroatoms. The Balaban J connectivity index is 1.39. The van der Waals surface area contributed by atoms with Crippen molar-refractivity contribution in [1.82, 2.24) is 29.9 Å². The van der Waals surface area contributed by atoms with Crippen molar-refractivity contribution < 1.29 is 9.90 Å². The van der Waals surface area contributed by atoms with Crippen LogP contribution in [0.5, 0.6) is 0 Å². The predicted molar refractivity (Wildman–Crippen MR) is 108 cm³/mol. The van der Waals surface area contributed by atoms with E-state index in [0.29, 0.717) is 40.2 Å². The standard InChI is InChI=1S/C18H17Cl2N7O2/c1-10(12-3-2-11(19)4-13(12)20)27-15-14(23-24-27)5-21-16(22-15)25-6-18(7-25)8-26(9-18)17(28)29/h2-5,10H,6-9H2,1H3,(H,28,29). The number of halogens is 2. The van der Waals surface area contributed by atoms with Gasteiger partial charge in [0, 0.05) is 41.6 Å². The summed E-state index contributed by atoms with van der Waals surface area (Å²) in [4.78, 5) is 23.6. The van der Waals surface area contributed by atoms with Gasteiger partial charge in [0.15, 0.2) is 11.2 Å². The van der Waals surface area contributed by atoms with Gasteiger partial charge < -0.3 is 14.9 Å². The van der Waals surface area contributed by atoms with Gasteiger partial charge in [-0.15, -0.1) is 5.10 Å². The van der Waals surface area contributed by atoms with Gasteiger partial charge in [0.2, 0.25) is 5.95 Å². The summed E-state index contributed by atoms with van der Waals surface area (Å²) in [5, 5.41) is 18.6. The number of benzene rings is 1. The molecule has 0 aliphatic carbocycles. The number of amides is 1. The zero-order chi connectivity index (χ0) is 20.3. The predicted octanol–water partition coefficient (Wildman–Crippen LogP) is 2.94. The van der Waals surface area contributed by atoms with Crippen LogP contribution in [0.4, 0.5) is 10.7 Å². The molecule has 2 aromatic heterocycles. The van der Waals surface area contributed by atoms with Crippen molar-refractivity contribution in [3.8, 4) is 0 Å². The van der Waals surface area contributed by atoms with Crippen molar-refractivity contribution in [3.05, 3.63) is 40.0 Å².